The highest BCUT2D eigenvalue weighted by Gasteiger charge is 2.37. The van der Waals surface area contributed by atoms with Crippen molar-refractivity contribution in [1.29, 1.82) is 0 Å². The fraction of sp³-hybridized carbons (Fsp3) is 0.577. The summed E-state index contributed by atoms with van der Waals surface area (Å²) in [5.41, 5.74) is 5.19. The van der Waals surface area contributed by atoms with Gasteiger partial charge in [-0.3, -0.25) is 70.8 Å². The van der Waals surface area contributed by atoms with E-state index in [1.165, 1.54) is 0 Å². The number of nitrogens with zero attached hydrogens (tertiary/aromatic N) is 3. The van der Waals surface area contributed by atoms with Crippen LogP contribution in [0, 0.1) is 0 Å². The van der Waals surface area contributed by atoms with E-state index in [1.807, 2.05) is 33.8 Å². The normalized spacial score (nSPS) is 16.1. The Morgan fingerprint density at radius 2 is 0.761 bits per heavy atom. The van der Waals surface area contributed by atoms with E-state index in [2.05, 4.69) is 24.4 Å². The lowest BCUT2D eigenvalue weighted by Crippen LogP contribution is -2.35. The summed E-state index contributed by atoms with van der Waals surface area (Å²) in [6.07, 6.45) is 12.2. The molecule has 7 amide bonds. The van der Waals surface area contributed by atoms with Crippen molar-refractivity contribution in [2.45, 2.75) is 143 Å². The molecule has 3 aliphatic rings. The van der Waals surface area contributed by atoms with Crippen molar-refractivity contribution in [1.82, 2.24) is 20.5 Å². The molecule has 0 aromatic heterocycles. The van der Waals surface area contributed by atoms with E-state index in [4.69, 9.17) is 38.3 Å². The van der Waals surface area contributed by atoms with Gasteiger partial charge in [0.1, 0.15) is 26.1 Å². The van der Waals surface area contributed by atoms with Crippen LogP contribution in [0.1, 0.15) is 130 Å². The van der Waals surface area contributed by atoms with Crippen molar-refractivity contribution >= 4 is 98.8 Å². The average Bonchev–Trinajstić information content (AvgIpc) is 4.31. The summed E-state index contributed by atoms with van der Waals surface area (Å²) < 4.78 is 63.2. The van der Waals surface area contributed by atoms with Gasteiger partial charge in [0.15, 0.2) is 12.2 Å². The van der Waals surface area contributed by atoms with E-state index in [-0.39, 0.29) is 101 Å². The Morgan fingerprint density at radius 1 is 0.455 bits per heavy atom. The third-order valence-electron chi connectivity index (χ3n) is 10.3. The fourth-order valence-corrected chi connectivity index (χ4v) is 7.73. The lowest BCUT2D eigenvalue weighted by molar-refractivity contribution is -0.206. The van der Waals surface area contributed by atoms with Crippen LogP contribution in [0.3, 0.4) is 0 Å². The molecule has 0 spiro atoms. The van der Waals surface area contributed by atoms with Crippen LogP contribution in [0.2, 0.25) is 0 Å². The van der Waals surface area contributed by atoms with Gasteiger partial charge in [0, 0.05) is 51.6 Å². The summed E-state index contributed by atoms with van der Waals surface area (Å²) in [6.45, 7) is 4.83. The third-order valence-corrected chi connectivity index (χ3v) is 12.3. The number of esters is 4. The van der Waals surface area contributed by atoms with Gasteiger partial charge in [-0.15, -0.1) is 15.2 Å². The van der Waals surface area contributed by atoms with Crippen LogP contribution < -0.4 is 11.1 Å². The summed E-state index contributed by atoms with van der Waals surface area (Å²) in [4.78, 5) is 194. The summed E-state index contributed by atoms with van der Waals surface area (Å²) in [6, 6.07) is 0. The highest BCUT2D eigenvalue weighted by atomic mass is 31.2. The van der Waals surface area contributed by atoms with Crippen molar-refractivity contribution in [2.24, 2.45) is 5.73 Å². The Morgan fingerprint density at radius 3 is 1.08 bits per heavy atom. The molecule has 4 unspecified atom stereocenters. The first-order valence-electron chi connectivity index (χ1n) is 27.4. The number of nitrogens with two attached hydrogens (primary N) is 1. The predicted molar refractivity (Wildman–Crippen MR) is 294 cm³/mol. The minimum absolute atomic E-state index is 0.00580. The zero-order chi connectivity index (χ0) is 66.1. The van der Waals surface area contributed by atoms with Crippen LogP contribution in [0.4, 0.5) is 0 Å². The standard InChI is InChI=1S/C24H35N2O13P.C17H30NO8P.C11H10N2O8/c1-3-5-7-9-22(30)35-16-18(38-23(31)10-8-6-4-2)17-37-40(33,34)36-14-13-25-19(27)15-24(32)39-26-20(28)11-12-21(26)29;1-3-5-7-9-16(19)23-13-15(26-17(20)10-8-6-4-2)14-25-27(21,22)24-12-11-18;14-6-1-2-7(15)12(6)20-10(18)5-11(19)21-13-8(16)3-4-9(13)17/h5-8,18H,3-4,9-17H2,1-2H3,(H,25,27)(H,33,34);5-8,15H,3-4,9-14,18H2,1-2H3,(H,21,22);1-5H2/b2*7-5-,8-6-;. The molecule has 3 rings (SSSR count). The zero-order valence-electron chi connectivity index (χ0n) is 49.0. The smallest absolute Gasteiger partial charge is 0.461 e. The highest BCUT2D eigenvalue weighted by molar-refractivity contribution is 7.47. The molecule has 492 valence electrons. The summed E-state index contributed by atoms with van der Waals surface area (Å²) in [5, 5.41) is 3.08. The number of hydroxylamine groups is 6. The summed E-state index contributed by atoms with van der Waals surface area (Å²) in [7, 11) is -9.03. The molecule has 4 atom stereocenters. The van der Waals surface area contributed by atoms with Crippen molar-refractivity contribution < 1.29 is 138 Å². The number of phosphoric acid groups is 2. The van der Waals surface area contributed by atoms with Crippen molar-refractivity contribution in [3.8, 4) is 0 Å². The van der Waals surface area contributed by atoms with Crippen LogP contribution in [0.15, 0.2) is 48.6 Å². The number of imide groups is 3. The number of carbonyl (C=O) groups is 14. The Kier molecular flexibility index (Phi) is 39.0. The van der Waals surface area contributed by atoms with Gasteiger partial charge in [-0.05, 0) is 25.7 Å². The third kappa shape index (κ3) is 35.8. The first kappa shape index (κ1) is 78.3. The van der Waals surface area contributed by atoms with E-state index < -0.39 is 150 Å². The number of amides is 7. The number of nitrogens with one attached hydrogen (secondary N) is 1. The molecule has 3 fully saturated rings. The van der Waals surface area contributed by atoms with Gasteiger partial charge in [0.25, 0.3) is 35.4 Å². The SMILES string of the molecule is CC/C=C\CC(=O)OCC(COP(=O)(O)OCCN)OC(=O)C/C=C\CC.CC/C=C\CC(=O)OCC(COP(=O)(O)OCCNC(=O)CC(=O)ON1C(=O)CCC1=O)OC(=O)C/C=C\CC.O=C(CC(=O)ON1C(=O)CCC1=O)ON1C(=O)CCC1=O. The molecule has 3 aliphatic heterocycles. The lowest BCUT2D eigenvalue weighted by atomic mass is 10.3. The van der Waals surface area contributed by atoms with E-state index in [0.29, 0.717) is 11.5 Å². The Bertz CT molecular complexity index is 2550. The summed E-state index contributed by atoms with van der Waals surface area (Å²) in [5.74, 6) is -10.9. The second-order valence-corrected chi connectivity index (χ2v) is 20.7. The van der Waals surface area contributed by atoms with Crippen molar-refractivity contribution in [2.75, 3.05) is 52.7 Å². The number of hydrogen-bond acceptors (Lipinski definition) is 28. The maximum absolute atomic E-state index is 12.2. The van der Waals surface area contributed by atoms with Crippen LogP contribution in [0.25, 0.3) is 0 Å². The minimum Gasteiger partial charge on any atom is -0.461 e. The second kappa shape index (κ2) is 43.9. The fourth-order valence-electron chi connectivity index (χ4n) is 6.21. The van der Waals surface area contributed by atoms with Crippen molar-refractivity contribution in [3.05, 3.63) is 48.6 Å². The molecule has 88 heavy (non-hydrogen) atoms. The molecule has 3 saturated heterocycles. The molecule has 34 nitrogen and oxygen atoms in total. The maximum atomic E-state index is 12.2. The number of rotatable bonds is 38. The van der Waals surface area contributed by atoms with Gasteiger partial charge in [-0.2, -0.15) is 0 Å². The molecule has 36 heteroatoms. The van der Waals surface area contributed by atoms with E-state index >= 15 is 0 Å². The van der Waals surface area contributed by atoms with Crippen LogP contribution in [-0.4, -0.2) is 173 Å². The van der Waals surface area contributed by atoms with Gasteiger partial charge in [0.05, 0.1) is 52.1 Å². The van der Waals surface area contributed by atoms with Crippen LogP contribution in [-0.2, 0) is 128 Å². The first-order valence-corrected chi connectivity index (χ1v) is 30.4. The second-order valence-electron chi connectivity index (χ2n) is 17.7. The molecule has 3 heterocycles. The first-order chi connectivity index (χ1) is 41.7. The Hall–Kier alpha value is -7.68. The van der Waals surface area contributed by atoms with Gasteiger partial charge < -0.3 is 54.3 Å². The minimum atomic E-state index is -4.69. The van der Waals surface area contributed by atoms with Gasteiger partial charge >= 0.3 is 57.4 Å². The maximum Gasteiger partial charge on any atom is 0.472 e. The number of carbonyl (C=O) groups excluding carboxylic acids is 14. The van der Waals surface area contributed by atoms with Gasteiger partial charge in [-0.1, -0.05) is 76.3 Å². The molecule has 0 saturated carbocycles. The quantitative estimate of drug-likeness (QED) is 0.0131. The molecule has 5 N–H and O–H groups in total. The predicted octanol–water partition coefficient (Wildman–Crippen LogP) is 2.24. The zero-order valence-corrected chi connectivity index (χ0v) is 50.8. The van der Waals surface area contributed by atoms with Gasteiger partial charge in [-0.25, -0.2) is 23.5 Å². The average molecular weight is 1300 g/mol. The number of hydrogen-bond donors (Lipinski definition) is 4. The topological polar surface area (TPSA) is 463 Å². The molecular formula is C52H75N5O29P2. The molecular weight excluding hydrogens is 1220 g/mol. The summed E-state index contributed by atoms with van der Waals surface area (Å²) >= 11 is 0. The number of ether oxygens (including phenoxy) is 4. The van der Waals surface area contributed by atoms with Crippen LogP contribution >= 0.6 is 15.6 Å². The molecule has 0 bridgehead atoms. The Balaban J connectivity index is 0.000000699. The van der Waals surface area contributed by atoms with E-state index in [1.54, 1.807) is 42.5 Å². The monoisotopic (exact) mass is 1300 g/mol. The lowest BCUT2D eigenvalue weighted by Gasteiger charge is -2.19. The number of allylic oxidation sites excluding steroid dienone is 4. The van der Waals surface area contributed by atoms with Gasteiger partial charge in [0.2, 0.25) is 5.91 Å². The molecule has 0 radical (unpaired) electrons. The number of phosphoric ester groups is 2. The molecule has 0 aromatic carbocycles. The molecule has 0 aromatic rings. The largest absolute Gasteiger partial charge is 0.472 e. The van der Waals surface area contributed by atoms with E-state index in [9.17, 15) is 86.0 Å². The van der Waals surface area contributed by atoms with E-state index in [0.717, 1.165) is 19.3 Å². The molecule has 0 aliphatic carbocycles. The highest BCUT2D eigenvalue weighted by Crippen LogP contribution is 2.44. The van der Waals surface area contributed by atoms with Crippen LogP contribution in [0.5, 0.6) is 0 Å². The van der Waals surface area contributed by atoms with Crippen molar-refractivity contribution in [3.63, 3.8) is 0 Å². The Labute approximate surface area is 505 Å².